The van der Waals surface area contributed by atoms with Gasteiger partial charge in [-0.25, -0.2) is 9.69 Å². The van der Waals surface area contributed by atoms with Crippen molar-refractivity contribution in [3.63, 3.8) is 0 Å². The van der Waals surface area contributed by atoms with Gasteiger partial charge in [0.15, 0.2) is 11.5 Å². The summed E-state index contributed by atoms with van der Waals surface area (Å²) >= 11 is 0. The zero-order valence-corrected chi connectivity index (χ0v) is 19.4. The highest BCUT2D eigenvalue weighted by Gasteiger charge is 2.38. The van der Waals surface area contributed by atoms with Gasteiger partial charge in [0.2, 0.25) is 0 Å². The number of hydrogen-bond donors (Lipinski definition) is 0. The minimum absolute atomic E-state index is 0.0644. The molecule has 3 aromatic rings. The third kappa shape index (κ3) is 5.13. The molecule has 0 saturated carbocycles. The molecule has 176 valence electrons. The van der Waals surface area contributed by atoms with Crippen LogP contribution in [-0.2, 0) is 4.79 Å². The largest absolute Gasteiger partial charge is 0.493 e. The number of likely N-dealkylation sites (N-methyl/N-ethyl adjacent to an activating group) is 1. The van der Waals surface area contributed by atoms with E-state index >= 15 is 0 Å². The first-order valence-electron chi connectivity index (χ1n) is 10.9. The molecule has 8 nitrogen and oxygen atoms in total. The quantitative estimate of drug-likeness (QED) is 0.440. The SMILES string of the molecule is COc1cc(N2CC(=O)N(c3ccc(Oc4ccccc4)cc3)C2=O)ccc1OCCN(C)C. The van der Waals surface area contributed by atoms with Gasteiger partial charge in [0.1, 0.15) is 24.7 Å². The van der Waals surface area contributed by atoms with E-state index in [-0.39, 0.29) is 12.5 Å². The molecule has 1 fully saturated rings. The minimum atomic E-state index is -0.426. The van der Waals surface area contributed by atoms with Crippen LogP contribution in [0.4, 0.5) is 16.2 Å². The summed E-state index contributed by atoms with van der Waals surface area (Å²) in [5.74, 6) is 2.08. The Labute approximate surface area is 198 Å². The molecule has 34 heavy (non-hydrogen) atoms. The van der Waals surface area contributed by atoms with Crippen LogP contribution in [0.5, 0.6) is 23.0 Å². The highest BCUT2D eigenvalue weighted by molar-refractivity contribution is 6.27. The van der Waals surface area contributed by atoms with Crippen LogP contribution in [0.1, 0.15) is 0 Å². The summed E-state index contributed by atoms with van der Waals surface area (Å²) in [6, 6.07) is 21.0. The van der Waals surface area contributed by atoms with Crippen LogP contribution >= 0.6 is 0 Å². The molecule has 0 radical (unpaired) electrons. The predicted octanol–water partition coefficient (Wildman–Crippen LogP) is 4.40. The molecular formula is C26H27N3O5. The Balaban J connectivity index is 1.48. The van der Waals surface area contributed by atoms with Crippen molar-refractivity contribution >= 4 is 23.3 Å². The fourth-order valence-electron chi connectivity index (χ4n) is 3.53. The van der Waals surface area contributed by atoms with E-state index in [1.807, 2.05) is 49.3 Å². The van der Waals surface area contributed by atoms with Crippen molar-refractivity contribution in [2.24, 2.45) is 0 Å². The number of imide groups is 1. The lowest BCUT2D eigenvalue weighted by Gasteiger charge is -2.19. The van der Waals surface area contributed by atoms with E-state index in [9.17, 15) is 9.59 Å². The normalized spacial score (nSPS) is 13.5. The summed E-state index contributed by atoms with van der Waals surface area (Å²) in [6.45, 7) is 1.20. The van der Waals surface area contributed by atoms with Crippen molar-refractivity contribution in [3.8, 4) is 23.0 Å². The van der Waals surface area contributed by atoms with Gasteiger partial charge in [0, 0.05) is 18.3 Å². The van der Waals surface area contributed by atoms with E-state index in [2.05, 4.69) is 0 Å². The average Bonchev–Trinajstić information content (AvgIpc) is 3.14. The number of carbonyl (C=O) groups is 2. The predicted molar refractivity (Wildman–Crippen MR) is 130 cm³/mol. The molecule has 3 aromatic carbocycles. The Morgan fingerprint density at radius 3 is 2.21 bits per heavy atom. The summed E-state index contributed by atoms with van der Waals surface area (Å²) in [4.78, 5) is 30.5. The molecule has 0 aliphatic carbocycles. The maximum atomic E-state index is 13.1. The van der Waals surface area contributed by atoms with Gasteiger partial charge in [-0.3, -0.25) is 9.69 Å². The molecule has 0 aromatic heterocycles. The van der Waals surface area contributed by atoms with Crippen molar-refractivity contribution in [1.82, 2.24) is 4.90 Å². The number of ether oxygens (including phenoxy) is 3. The topological polar surface area (TPSA) is 71.5 Å². The van der Waals surface area contributed by atoms with Crippen LogP contribution < -0.4 is 24.0 Å². The van der Waals surface area contributed by atoms with E-state index in [1.54, 1.807) is 49.6 Å². The first kappa shape index (κ1) is 23.1. The van der Waals surface area contributed by atoms with Gasteiger partial charge in [0.05, 0.1) is 12.8 Å². The molecule has 0 N–H and O–H groups in total. The summed E-state index contributed by atoms with van der Waals surface area (Å²) < 4.78 is 17.0. The smallest absolute Gasteiger partial charge is 0.336 e. The first-order chi connectivity index (χ1) is 16.5. The van der Waals surface area contributed by atoms with Crippen molar-refractivity contribution < 1.29 is 23.8 Å². The summed E-state index contributed by atoms with van der Waals surface area (Å²) in [5, 5.41) is 0. The van der Waals surface area contributed by atoms with Crippen molar-refractivity contribution in [1.29, 1.82) is 0 Å². The van der Waals surface area contributed by atoms with Crippen LogP contribution in [0.15, 0.2) is 72.8 Å². The van der Waals surface area contributed by atoms with E-state index < -0.39 is 6.03 Å². The van der Waals surface area contributed by atoms with Gasteiger partial charge in [0.25, 0.3) is 5.91 Å². The first-order valence-corrected chi connectivity index (χ1v) is 10.9. The number of rotatable bonds is 9. The molecule has 1 saturated heterocycles. The molecule has 1 aliphatic heterocycles. The lowest BCUT2D eigenvalue weighted by Crippen LogP contribution is -2.32. The zero-order valence-electron chi connectivity index (χ0n) is 19.4. The second-order valence-electron chi connectivity index (χ2n) is 7.99. The number of carbonyl (C=O) groups excluding carboxylic acids is 2. The highest BCUT2D eigenvalue weighted by atomic mass is 16.5. The van der Waals surface area contributed by atoms with E-state index in [1.165, 1.54) is 9.80 Å². The number of anilines is 2. The second-order valence-corrected chi connectivity index (χ2v) is 7.99. The number of urea groups is 1. The van der Waals surface area contributed by atoms with Crippen molar-refractivity contribution in [3.05, 3.63) is 72.8 Å². The number of methoxy groups -OCH3 is 1. The molecule has 8 heteroatoms. The average molecular weight is 462 g/mol. The minimum Gasteiger partial charge on any atom is -0.493 e. The molecule has 0 bridgehead atoms. The molecule has 1 heterocycles. The fourth-order valence-corrected chi connectivity index (χ4v) is 3.53. The van der Waals surface area contributed by atoms with Crippen LogP contribution in [0.3, 0.4) is 0 Å². The van der Waals surface area contributed by atoms with Crippen molar-refractivity contribution in [2.45, 2.75) is 0 Å². The van der Waals surface area contributed by atoms with Crippen LogP contribution in [0.25, 0.3) is 0 Å². The molecule has 1 aliphatic rings. The standard InChI is InChI=1S/C26H27N3O5/c1-27(2)15-16-33-23-14-11-20(17-24(23)32-3)28-18-25(30)29(26(28)31)19-9-12-22(13-10-19)34-21-7-5-4-6-8-21/h4-14,17H,15-16,18H2,1-3H3. The number of hydrogen-bond acceptors (Lipinski definition) is 6. The third-order valence-corrected chi connectivity index (χ3v) is 5.29. The Bertz CT molecular complexity index is 1150. The molecule has 4 rings (SSSR count). The van der Waals surface area contributed by atoms with Crippen LogP contribution in [0.2, 0.25) is 0 Å². The molecule has 0 atom stereocenters. The zero-order chi connectivity index (χ0) is 24.1. The lowest BCUT2D eigenvalue weighted by atomic mass is 10.2. The van der Waals surface area contributed by atoms with Gasteiger partial charge < -0.3 is 19.1 Å². The summed E-state index contributed by atoms with van der Waals surface area (Å²) in [5.41, 5.74) is 1.04. The molecule has 0 spiro atoms. The molecule has 0 unspecified atom stereocenters. The molecular weight excluding hydrogens is 434 g/mol. The summed E-state index contributed by atoms with van der Waals surface area (Å²) in [6.07, 6.45) is 0. The number of benzene rings is 3. The van der Waals surface area contributed by atoms with E-state index in [4.69, 9.17) is 14.2 Å². The molecule has 3 amide bonds. The van der Waals surface area contributed by atoms with Gasteiger partial charge in [-0.1, -0.05) is 18.2 Å². The number of para-hydroxylation sites is 1. The fraction of sp³-hybridized carbons (Fsp3) is 0.231. The number of amides is 3. The van der Waals surface area contributed by atoms with Crippen LogP contribution in [-0.4, -0.2) is 57.7 Å². The van der Waals surface area contributed by atoms with E-state index in [0.29, 0.717) is 41.0 Å². The Kier molecular flexibility index (Phi) is 6.98. The monoisotopic (exact) mass is 461 g/mol. The maximum absolute atomic E-state index is 13.1. The Morgan fingerprint density at radius 1 is 0.853 bits per heavy atom. The van der Waals surface area contributed by atoms with E-state index in [0.717, 1.165) is 6.54 Å². The van der Waals surface area contributed by atoms with Gasteiger partial charge in [-0.2, -0.15) is 0 Å². The highest BCUT2D eigenvalue weighted by Crippen LogP contribution is 2.34. The van der Waals surface area contributed by atoms with Gasteiger partial charge in [-0.05, 0) is 62.6 Å². The van der Waals surface area contributed by atoms with Gasteiger partial charge >= 0.3 is 6.03 Å². The Morgan fingerprint density at radius 2 is 1.53 bits per heavy atom. The third-order valence-electron chi connectivity index (χ3n) is 5.29. The second kappa shape index (κ2) is 10.3. The van der Waals surface area contributed by atoms with Gasteiger partial charge in [-0.15, -0.1) is 0 Å². The Hall–Kier alpha value is -4.04. The van der Waals surface area contributed by atoms with Crippen LogP contribution in [0, 0.1) is 0 Å². The maximum Gasteiger partial charge on any atom is 0.336 e. The number of nitrogens with zero attached hydrogens (tertiary/aromatic N) is 3. The van der Waals surface area contributed by atoms with Crippen molar-refractivity contribution in [2.75, 3.05) is 50.7 Å². The lowest BCUT2D eigenvalue weighted by molar-refractivity contribution is -0.115. The summed E-state index contributed by atoms with van der Waals surface area (Å²) in [7, 11) is 5.48.